The summed E-state index contributed by atoms with van der Waals surface area (Å²) < 4.78 is 60.9. The summed E-state index contributed by atoms with van der Waals surface area (Å²) >= 11 is 0. The molecule has 0 fully saturated rings. The minimum Gasteiger partial charge on any atom is -0.228 e. The number of hydrogen-bond acceptors (Lipinski definition) is 3. The maximum Gasteiger partial charge on any atom is 0.405 e. The Kier molecular flexibility index (Phi) is 4.81. The van der Waals surface area contributed by atoms with Gasteiger partial charge in [-0.3, -0.25) is 0 Å². The number of hydrogen-bond donors (Lipinski definition) is 0. The molecule has 0 aliphatic rings. The number of alkyl halides is 3. The van der Waals surface area contributed by atoms with Gasteiger partial charge in [-0.15, -0.1) is 0 Å². The number of rotatable bonds is 4. The number of aryl methyl sites for hydroxylation is 2. The highest BCUT2D eigenvalue weighted by atomic mass is 32.2. The number of nitriles is 1. The zero-order valence-corrected chi connectivity index (χ0v) is 11.8. The highest BCUT2D eigenvalue weighted by Crippen LogP contribution is 2.27. The minimum absolute atomic E-state index is 0.432. The van der Waals surface area contributed by atoms with Crippen LogP contribution in [0.3, 0.4) is 0 Å². The Morgan fingerprint density at radius 3 is 2.10 bits per heavy atom. The fraction of sp³-hybridized carbons (Fsp3) is 0.462. The van der Waals surface area contributed by atoms with Crippen molar-refractivity contribution in [2.75, 3.05) is 5.75 Å². The van der Waals surface area contributed by atoms with Crippen LogP contribution in [0.1, 0.15) is 16.7 Å². The fourth-order valence-corrected chi connectivity index (χ4v) is 3.49. The Hall–Kier alpha value is -1.55. The Balaban J connectivity index is 2.93. The number of sulfone groups is 1. The van der Waals surface area contributed by atoms with Crippen molar-refractivity contribution >= 4 is 9.84 Å². The maximum atomic E-state index is 12.4. The molecule has 0 aliphatic carbocycles. The van der Waals surface area contributed by atoms with E-state index in [1.54, 1.807) is 26.0 Å². The van der Waals surface area contributed by atoms with Crippen LogP contribution in [0, 0.1) is 31.1 Å². The first-order valence-electron chi connectivity index (χ1n) is 5.77. The van der Waals surface area contributed by atoms with E-state index in [4.69, 9.17) is 5.26 Å². The highest BCUT2D eigenvalue weighted by Gasteiger charge is 2.42. The summed E-state index contributed by atoms with van der Waals surface area (Å²) in [5, 5.41) is 8.44. The van der Waals surface area contributed by atoms with Crippen molar-refractivity contribution in [1.29, 1.82) is 5.26 Å². The lowest BCUT2D eigenvalue weighted by molar-refractivity contribution is -0.153. The second-order valence-corrected chi connectivity index (χ2v) is 6.88. The Morgan fingerprint density at radius 1 is 1.20 bits per heavy atom. The van der Waals surface area contributed by atoms with Crippen molar-refractivity contribution in [2.24, 2.45) is 5.92 Å². The molecule has 0 aromatic heterocycles. The molecule has 1 aromatic rings. The molecule has 0 amide bonds. The summed E-state index contributed by atoms with van der Waals surface area (Å²) in [7, 11) is -4.01. The van der Waals surface area contributed by atoms with E-state index < -0.39 is 33.4 Å². The van der Waals surface area contributed by atoms with Gasteiger partial charge in [0.2, 0.25) is 0 Å². The van der Waals surface area contributed by atoms with Crippen molar-refractivity contribution in [3.05, 3.63) is 34.9 Å². The lowest BCUT2D eigenvalue weighted by atomic mass is 10.1. The second kappa shape index (κ2) is 5.83. The quantitative estimate of drug-likeness (QED) is 0.859. The van der Waals surface area contributed by atoms with E-state index in [2.05, 4.69) is 0 Å². The van der Waals surface area contributed by atoms with Gasteiger partial charge in [0.25, 0.3) is 0 Å². The Bertz CT molecular complexity index is 610. The summed E-state index contributed by atoms with van der Waals surface area (Å²) in [6.45, 7) is 3.55. The number of halogens is 3. The van der Waals surface area contributed by atoms with Gasteiger partial charge < -0.3 is 0 Å². The van der Waals surface area contributed by atoms with Gasteiger partial charge in [-0.2, -0.15) is 18.4 Å². The summed E-state index contributed by atoms with van der Waals surface area (Å²) in [4.78, 5) is 0. The van der Waals surface area contributed by atoms with Crippen LogP contribution in [-0.2, 0) is 15.6 Å². The molecule has 0 heterocycles. The molecule has 110 valence electrons. The van der Waals surface area contributed by atoms with Crippen LogP contribution in [0.2, 0.25) is 0 Å². The monoisotopic (exact) mass is 305 g/mol. The number of benzene rings is 1. The molecule has 0 radical (unpaired) electrons. The van der Waals surface area contributed by atoms with Crippen LogP contribution in [-0.4, -0.2) is 20.3 Å². The maximum absolute atomic E-state index is 12.4. The molecule has 0 saturated carbocycles. The predicted octanol–water partition coefficient (Wildman–Crippen LogP) is 2.92. The topological polar surface area (TPSA) is 57.9 Å². The molecule has 20 heavy (non-hydrogen) atoms. The first-order chi connectivity index (χ1) is 9.03. The van der Waals surface area contributed by atoms with Gasteiger partial charge in [0.15, 0.2) is 15.8 Å². The van der Waals surface area contributed by atoms with Crippen LogP contribution in [0.15, 0.2) is 18.2 Å². The standard InChI is InChI=1S/C13H14F3NO2S/c1-9-3-10(2)5-11(4-9)7-20(18,19)8-12(6-17)13(14,15)16/h3-5,12H,7-8H2,1-2H3. The lowest BCUT2D eigenvalue weighted by Gasteiger charge is -2.13. The van der Waals surface area contributed by atoms with Crippen LogP contribution in [0.4, 0.5) is 13.2 Å². The average Bonchev–Trinajstić information content (AvgIpc) is 2.22. The molecular weight excluding hydrogens is 291 g/mol. The SMILES string of the molecule is Cc1cc(C)cc(CS(=O)(=O)CC(C#N)C(F)(F)F)c1. The molecule has 1 atom stereocenters. The number of nitrogens with zero attached hydrogens (tertiary/aromatic N) is 1. The van der Waals surface area contributed by atoms with E-state index in [0.717, 1.165) is 17.2 Å². The van der Waals surface area contributed by atoms with Gasteiger partial charge in [0.05, 0.1) is 17.6 Å². The molecule has 0 spiro atoms. The smallest absolute Gasteiger partial charge is 0.228 e. The van der Waals surface area contributed by atoms with Crippen molar-refractivity contribution in [1.82, 2.24) is 0 Å². The van der Waals surface area contributed by atoms with Crippen molar-refractivity contribution in [2.45, 2.75) is 25.8 Å². The Morgan fingerprint density at radius 2 is 1.70 bits per heavy atom. The van der Waals surface area contributed by atoms with Gasteiger partial charge in [-0.1, -0.05) is 29.3 Å². The predicted molar refractivity (Wildman–Crippen MR) is 68.6 cm³/mol. The molecule has 0 saturated heterocycles. The summed E-state index contributed by atoms with van der Waals surface area (Å²) in [6.07, 6.45) is -4.83. The zero-order valence-electron chi connectivity index (χ0n) is 11.0. The first kappa shape index (κ1) is 16.5. The summed E-state index contributed by atoms with van der Waals surface area (Å²) in [5.74, 6) is -4.19. The minimum atomic E-state index is -4.83. The normalized spacial score (nSPS) is 13.8. The summed E-state index contributed by atoms with van der Waals surface area (Å²) in [5.41, 5.74) is 2.10. The third kappa shape index (κ3) is 4.85. The van der Waals surface area contributed by atoms with Crippen molar-refractivity contribution in [3.8, 4) is 6.07 Å². The molecule has 1 unspecified atom stereocenters. The highest BCUT2D eigenvalue weighted by molar-refractivity contribution is 7.90. The third-order valence-electron chi connectivity index (χ3n) is 2.64. The Labute approximate surface area is 116 Å². The van der Waals surface area contributed by atoms with E-state index in [9.17, 15) is 21.6 Å². The molecule has 1 aromatic carbocycles. The van der Waals surface area contributed by atoms with Crippen LogP contribution < -0.4 is 0 Å². The van der Waals surface area contributed by atoms with Crippen molar-refractivity contribution < 1.29 is 21.6 Å². The summed E-state index contributed by atoms with van der Waals surface area (Å²) in [6, 6.07) is 6.06. The van der Waals surface area contributed by atoms with E-state index >= 15 is 0 Å². The second-order valence-electron chi connectivity index (χ2n) is 4.77. The molecule has 0 bridgehead atoms. The van der Waals surface area contributed by atoms with Crippen molar-refractivity contribution in [3.63, 3.8) is 0 Å². The van der Waals surface area contributed by atoms with Gasteiger partial charge in [-0.25, -0.2) is 8.42 Å². The van der Waals surface area contributed by atoms with Crippen LogP contribution in [0.25, 0.3) is 0 Å². The molecule has 0 aliphatic heterocycles. The van der Waals surface area contributed by atoms with Gasteiger partial charge >= 0.3 is 6.18 Å². The van der Waals surface area contributed by atoms with Gasteiger partial charge in [0.1, 0.15) is 0 Å². The molecule has 3 nitrogen and oxygen atoms in total. The molecule has 0 N–H and O–H groups in total. The third-order valence-corrected chi connectivity index (χ3v) is 4.25. The van der Waals surface area contributed by atoms with E-state index in [0.29, 0.717) is 5.56 Å². The zero-order chi connectivity index (χ0) is 15.6. The molecule has 7 heteroatoms. The molecular formula is C13H14F3NO2S. The largest absolute Gasteiger partial charge is 0.405 e. The van der Waals surface area contributed by atoms with Crippen LogP contribution >= 0.6 is 0 Å². The van der Waals surface area contributed by atoms with E-state index in [1.165, 1.54) is 0 Å². The van der Waals surface area contributed by atoms with Crippen LogP contribution in [0.5, 0.6) is 0 Å². The lowest BCUT2D eigenvalue weighted by Crippen LogP contribution is -2.29. The fourth-order valence-electron chi connectivity index (χ4n) is 1.92. The van der Waals surface area contributed by atoms with E-state index in [1.807, 2.05) is 6.07 Å². The van der Waals surface area contributed by atoms with Gasteiger partial charge in [0, 0.05) is 0 Å². The molecule has 1 rings (SSSR count). The average molecular weight is 305 g/mol. The van der Waals surface area contributed by atoms with Gasteiger partial charge in [-0.05, 0) is 19.4 Å². The van der Waals surface area contributed by atoms with E-state index in [-0.39, 0.29) is 0 Å². The first-order valence-corrected chi connectivity index (χ1v) is 7.59.